The first kappa shape index (κ1) is 13.4. The van der Waals surface area contributed by atoms with Crippen LogP contribution < -0.4 is 5.63 Å². The minimum atomic E-state index is -0.375. The Morgan fingerprint density at radius 1 is 1.24 bits per heavy atom. The number of phenolic OH excluding ortho intramolecular Hbond substituents is 1. The SMILES string of the molecule is C=CCc1cc(C)cc2c(=O)oc3c(C)c(O)ccc3c12. The fourth-order valence-electron chi connectivity index (χ4n) is 2.81. The van der Waals surface area contributed by atoms with Crippen LogP contribution in [0.3, 0.4) is 0 Å². The van der Waals surface area contributed by atoms with E-state index in [1.807, 2.05) is 19.1 Å². The molecule has 2 aromatic carbocycles. The number of aromatic hydroxyl groups is 1. The Hall–Kier alpha value is -2.55. The third-order valence-corrected chi connectivity index (χ3v) is 3.79. The molecule has 0 spiro atoms. The zero-order valence-electron chi connectivity index (χ0n) is 12.1. The minimum absolute atomic E-state index is 0.127. The summed E-state index contributed by atoms with van der Waals surface area (Å²) in [7, 11) is 0. The summed E-state index contributed by atoms with van der Waals surface area (Å²) < 4.78 is 5.43. The zero-order valence-corrected chi connectivity index (χ0v) is 12.1. The molecule has 0 aliphatic carbocycles. The first-order valence-corrected chi connectivity index (χ1v) is 6.82. The van der Waals surface area contributed by atoms with Crippen molar-refractivity contribution in [3.63, 3.8) is 0 Å². The lowest BCUT2D eigenvalue weighted by molar-refractivity contribution is 0.468. The minimum Gasteiger partial charge on any atom is -0.508 e. The summed E-state index contributed by atoms with van der Waals surface area (Å²) in [6, 6.07) is 7.33. The Labute approximate surface area is 122 Å². The quantitative estimate of drug-likeness (QED) is 0.438. The normalized spacial score (nSPS) is 11.1. The third-order valence-electron chi connectivity index (χ3n) is 3.79. The molecule has 0 unspecified atom stereocenters. The lowest BCUT2D eigenvalue weighted by Crippen LogP contribution is -2.03. The van der Waals surface area contributed by atoms with Crippen molar-refractivity contribution in [2.45, 2.75) is 20.3 Å². The molecule has 0 atom stereocenters. The van der Waals surface area contributed by atoms with Crippen molar-refractivity contribution in [2.75, 3.05) is 0 Å². The summed E-state index contributed by atoms with van der Waals surface area (Å²) in [5, 5.41) is 12.1. The second kappa shape index (κ2) is 4.77. The van der Waals surface area contributed by atoms with Gasteiger partial charge in [0.15, 0.2) is 0 Å². The van der Waals surface area contributed by atoms with Crippen LogP contribution in [0, 0.1) is 13.8 Å². The summed E-state index contributed by atoms with van der Waals surface area (Å²) in [5.41, 5.74) is 2.71. The smallest absolute Gasteiger partial charge is 0.344 e. The van der Waals surface area contributed by atoms with E-state index in [1.54, 1.807) is 19.1 Å². The molecular weight excluding hydrogens is 264 g/mol. The number of fused-ring (bicyclic) bond motifs is 3. The van der Waals surface area contributed by atoms with E-state index < -0.39 is 0 Å². The van der Waals surface area contributed by atoms with E-state index in [9.17, 15) is 9.90 Å². The molecule has 0 saturated carbocycles. The first-order valence-electron chi connectivity index (χ1n) is 6.82. The Morgan fingerprint density at radius 3 is 2.71 bits per heavy atom. The van der Waals surface area contributed by atoms with Gasteiger partial charge < -0.3 is 9.52 Å². The Bertz CT molecular complexity index is 933. The molecule has 3 aromatic rings. The van der Waals surface area contributed by atoms with Gasteiger partial charge in [-0.15, -0.1) is 6.58 Å². The number of allylic oxidation sites excluding steroid dienone is 1. The average Bonchev–Trinajstić information content (AvgIpc) is 2.44. The van der Waals surface area contributed by atoms with Gasteiger partial charge in [0.2, 0.25) is 0 Å². The van der Waals surface area contributed by atoms with Crippen molar-refractivity contribution in [1.82, 2.24) is 0 Å². The number of hydrogen-bond donors (Lipinski definition) is 1. The van der Waals surface area contributed by atoms with Crippen LogP contribution in [0.25, 0.3) is 21.7 Å². The van der Waals surface area contributed by atoms with Crippen LogP contribution >= 0.6 is 0 Å². The van der Waals surface area contributed by atoms with E-state index in [0.717, 1.165) is 21.9 Å². The van der Waals surface area contributed by atoms with E-state index in [0.29, 0.717) is 23.0 Å². The van der Waals surface area contributed by atoms with Crippen LogP contribution in [0.1, 0.15) is 16.7 Å². The fourth-order valence-corrected chi connectivity index (χ4v) is 2.81. The van der Waals surface area contributed by atoms with Crippen LogP contribution in [0.5, 0.6) is 5.75 Å². The maximum absolute atomic E-state index is 12.3. The van der Waals surface area contributed by atoms with Crippen molar-refractivity contribution in [1.29, 1.82) is 0 Å². The van der Waals surface area contributed by atoms with Crippen LogP contribution in [-0.4, -0.2) is 5.11 Å². The lowest BCUT2D eigenvalue weighted by atomic mass is 9.96. The Balaban J connectivity index is 2.62. The summed E-state index contributed by atoms with van der Waals surface area (Å²) >= 11 is 0. The predicted molar refractivity (Wildman–Crippen MR) is 85.0 cm³/mol. The molecule has 0 amide bonds. The maximum atomic E-state index is 12.3. The molecule has 3 nitrogen and oxygen atoms in total. The molecule has 0 saturated heterocycles. The number of aryl methyl sites for hydroxylation is 2. The standard InChI is InChI=1S/C18H16O3/c1-4-5-12-8-10(2)9-14-16(12)13-6-7-15(19)11(3)17(13)21-18(14)20/h4,6-9,19H,1,5H2,2-3H3. The van der Waals surface area contributed by atoms with Crippen molar-refractivity contribution in [2.24, 2.45) is 0 Å². The largest absolute Gasteiger partial charge is 0.508 e. The number of phenols is 1. The molecule has 21 heavy (non-hydrogen) atoms. The van der Waals surface area contributed by atoms with Gasteiger partial charge in [-0.1, -0.05) is 12.1 Å². The van der Waals surface area contributed by atoms with Crippen LogP contribution in [0.15, 0.2) is 46.1 Å². The molecule has 3 heteroatoms. The molecule has 0 aliphatic rings. The molecule has 0 aliphatic heterocycles. The van der Waals surface area contributed by atoms with Gasteiger partial charge in [-0.25, -0.2) is 4.79 Å². The van der Waals surface area contributed by atoms with Crippen LogP contribution in [-0.2, 0) is 6.42 Å². The monoisotopic (exact) mass is 280 g/mol. The van der Waals surface area contributed by atoms with Gasteiger partial charge >= 0.3 is 5.63 Å². The third kappa shape index (κ3) is 2.02. The van der Waals surface area contributed by atoms with Gasteiger partial charge in [-0.3, -0.25) is 0 Å². The summed E-state index contributed by atoms with van der Waals surface area (Å²) in [6.07, 6.45) is 2.50. The Kier molecular flexibility index (Phi) is 3.05. The van der Waals surface area contributed by atoms with Gasteiger partial charge in [-0.2, -0.15) is 0 Å². The van der Waals surface area contributed by atoms with Crippen molar-refractivity contribution in [3.8, 4) is 5.75 Å². The molecule has 3 rings (SSSR count). The fraction of sp³-hybridized carbons (Fsp3) is 0.167. The van der Waals surface area contributed by atoms with E-state index >= 15 is 0 Å². The molecule has 0 radical (unpaired) electrons. The number of hydrogen-bond acceptors (Lipinski definition) is 3. The summed E-state index contributed by atoms with van der Waals surface area (Å²) in [5.74, 6) is 0.127. The topological polar surface area (TPSA) is 50.4 Å². The number of benzene rings is 2. The van der Waals surface area contributed by atoms with Crippen molar-refractivity contribution >= 4 is 21.7 Å². The van der Waals surface area contributed by atoms with Gasteiger partial charge in [0, 0.05) is 16.3 Å². The Morgan fingerprint density at radius 2 is 2.00 bits per heavy atom. The van der Waals surface area contributed by atoms with E-state index in [1.165, 1.54) is 0 Å². The van der Waals surface area contributed by atoms with Gasteiger partial charge in [-0.05, 0) is 49.6 Å². The van der Waals surface area contributed by atoms with E-state index in [-0.39, 0.29) is 11.4 Å². The van der Waals surface area contributed by atoms with Gasteiger partial charge in [0.1, 0.15) is 11.3 Å². The molecule has 0 fully saturated rings. The van der Waals surface area contributed by atoms with Crippen molar-refractivity contribution < 1.29 is 9.52 Å². The predicted octanol–water partition coefficient (Wildman–Crippen LogP) is 4.00. The highest BCUT2D eigenvalue weighted by Gasteiger charge is 2.14. The van der Waals surface area contributed by atoms with E-state index in [2.05, 4.69) is 12.6 Å². The summed E-state index contributed by atoms with van der Waals surface area (Å²) in [4.78, 5) is 12.3. The highest BCUT2D eigenvalue weighted by Crippen LogP contribution is 2.32. The second-order valence-electron chi connectivity index (χ2n) is 5.32. The highest BCUT2D eigenvalue weighted by molar-refractivity contribution is 6.07. The van der Waals surface area contributed by atoms with Gasteiger partial charge in [0.05, 0.1) is 5.39 Å². The average molecular weight is 280 g/mol. The van der Waals surface area contributed by atoms with Crippen LogP contribution in [0.2, 0.25) is 0 Å². The molecule has 1 N–H and O–H groups in total. The molecule has 1 heterocycles. The second-order valence-corrected chi connectivity index (χ2v) is 5.32. The van der Waals surface area contributed by atoms with E-state index in [4.69, 9.17) is 4.42 Å². The van der Waals surface area contributed by atoms with Gasteiger partial charge in [0.25, 0.3) is 0 Å². The molecular formula is C18H16O3. The van der Waals surface area contributed by atoms with Crippen LogP contribution in [0.4, 0.5) is 0 Å². The zero-order chi connectivity index (χ0) is 15.1. The summed E-state index contributed by atoms with van der Waals surface area (Å²) in [6.45, 7) is 7.48. The molecule has 1 aromatic heterocycles. The molecule has 106 valence electrons. The lowest BCUT2D eigenvalue weighted by Gasteiger charge is -2.11. The molecule has 0 bridgehead atoms. The highest BCUT2D eigenvalue weighted by atomic mass is 16.4. The first-order chi connectivity index (χ1) is 10.0. The van der Waals surface area contributed by atoms with Crippen molar-refractivity contribution in [3.05, 3.63) is 64.0 Å². The number of rotatable bonds is 2. The maximum Gasteiger partial charge on any atom is 0.344 e.